The molecular weight excluding hydrogens is 334 g/mol. The lowest BCUT2D eigenvalue weighted by Gasteiger charge is -2.05. The summed E-state index contributed by atoms with van der Waals surface area (Å²) in [5.74, 6) is -0.860. The summed E-state index contributed by atoms with van der Waals surface area (Å²) in [6.07, 6.45) is 0.273. The quantitative estimate of drug-likeness (QED) is 0.542. The maximum absolute atomic E-state index is 10.4. The molecule has 10 nitrogen and oxygen atoms in total. The predicted molar refractivity (Wildman–Crippen MR) is 87.2 cm³/mol. The molecule has 0 unspecified atom stereocenters. The van der Waals surface area contributed by atoms with E-state index in [9.17, 15) is 25.0 Å². The highest BCUT2D eigenvalue weighted by molar-refractivity contribution is 5.73. The first kappa shape index (κ1) is 19.5. The van der Waals surface area contributed by atoms with E-state index in [0.29, 0.717) is 0 Å². The molecule has 0 amide bonds. The maximum atomic E-state index is 10.4. The number of hydrogen-bond donors (Lipinski definition) is 3. The van der Waals surface area contributed by atoms with E-state index in [1.807, 2.05) is 0 Å². The molecule has 0 heterocycles. The highest BCUT2D eigenvalue weighted by atomic mass is 16.6. The van der Waals surface area contributed by atoms with Gasteiger partial charge in [0.25, 0.3) is 11.4 Å². The third kappa shape index (κ3) is 6.62. The van der Waals surface area contributed by atoms with Crippen LogP contribution in [0.4, 0.5) is 11.4 Å². The molecule has 0 aliphatic rings. The molecule has 10 heteroatoms. The average molecular weight is 349 g/mol. The van der Waals surface area contributed by atoms with Crippen LogP contribution in [-0.4, -0.2) is 32.1 Å². The second-order valence-corrected chi connectivity index (χ2v) is 4.85. The number of carbonyl (C=O) groups is 1. The van der Waals surface area contributed by atoms with Gasteiger partial charge in [-0.1, -0.05) is 12.1 Å². The summed E-state index contributed by atoms with van der Waals surface area (Å²) in [4.78, 5) is 29.4. The van der Waals surface area contributed by atoms with Gasteiger partial charge in [0.1, 0.15) is 11.8 Å². The molecule has 0 aliphatic heterocycles. The molecule has 0 aliphatic carbocycles. The number of carboxylic acid groups (broad SMARTS) is 1. The predicted octanol–water partition coefficient (Wildman–Crippen LogP) is 1.85. The molecular formula is C15H15N3O7. The number of rotatable bonds is 5. The fourth-order valence-electron chi connectivity index (χ4n) is 1.67. The van der Waals surface area contributed by atoms with Crippen molar-refractivity contribution in [1.82, 2.24) is 0 Å². The van der Waals surface area contributed by atoms with Gasteiger partial charge in [-0.3, -0.25) is 25.0 Å². The molecule has 4 N–H and O–H groups in total. The van der Waals surface area contributed by atoms with Crippen LogP contribution in [-0.2, 0) is 11.2 Å². The molecule has 0 spiro atoms. The monoisotopic (exact) mass is 349 g/mol. The Morgan fingerprint density at radius 1 is 0.960 bits per heavy atom. The molecule has 0 saturated carbocycles. The first-order valence-corrected chi connectivity index (χ1v) is 6.86. The Labute approximate surface area is 141 Å². The van der Waals surface area contributed by atoms with Gasteiger partial charge in [0.05, 0.1) is 9.85 Å². The van der Waals surface area contributed by atoms with Crippen molar-refractivity contribution >= 4 is 17.3 Å². The number of aromatic hydroxyl groups is 1. The largest absolute Gasteiger partial charge is 0.508 e. The smallest absolute Gasteiger partial charge is 0.320 e. The summed E-state index contributed by atoms with van der Waals surface area (Å²) in [6.45, 7) is 0. The van der Waals surface area contributed by atoms with Gasteiger partial charge in [-0.05, 0) is 24.1 Å². The van der Waals surface area contributed by atoms with Gasteiger partial charge in [-0.2, -0.15) is 0 Å². The van der Waals surface area contributed by atoms with Crippen molar-refractivity contribution in [2.24, 2.45) is 5.73 Å². The minimum atomic E-state index is -1.02. The van der Waals surface area contributed by atoms with E-state index in [1.54, 1.807) is 12.1 Å². The van der Waals surface area contributed by atoms with Gasteiger partial charge in [0.15, 0.2) is 0 Å². The molecule has 0 fully saturated rings. The van der Waals surface area contributed by atoms with Crippen LogP contribution in [0.5, 0.6) is 5.75 Å². The lowest BCUT2D eigenvalue weighted by molar-refractivity contribution is -0.389. The second-order valence-electron chi connectivity index (χ2n) is 4.85. The number of phenols is 1. The van der Waals surface area contributed by atoms with Crippen molar-refractivity contribution < 1.29 is 24.9 Å². The highest BCUT2D eigenvalue weighted by Gasteiger charge is 2.11. The highest BCUT2D eigenvalue weighted by Crippen LogP contribution is 2.16. The maximum Gasteiger partial charge on any atom is 0.320 e. The number of phenolic OH excluding ortho intramolecular Hbond substituents is 1. The van der Waals surface area contributed by atoms with Gasteiger partial charge in [0.2, 0.25) is 0 Å². The van der Waals surface area contributed by atoms with Gasteiger partial charge >= 0.3 is 5.97 Å². The summed E-state index contributed by atoms with van der Waals surface area (Å²) in [5, 5.41) is 37.7. The zero-order valence-corrected chi connectivity index (χ0v) is 12.8. The molecule has 2 aromatic carbocycles. The Kier molecular flexibility index (Phi) is 6.98. The first-order chi connectivity index (χ1) is 11.7. The number of carboxylic acids is 1. The Hall–Kier alpha value is -3.53. The van der Waals surface area contributed by atoms with E-state index < -0.39 is 21.9 Å². The molecule has 0 bridgehead atoms. The third-order valence-corrected chi connectivity index (χ3v) is 2.98. The van der Waals surface area contributed by atoms with Crippen LogP contribution < -0.4 is 5.73 Å². The average Bonchev–Trinajstić information content (AvgIpc) is 2.57. The standard InChI is InChI=1S/C9H11NO3.C6H4N2O4/c10-8(9(12)13)5-6-1-3-7(11)4-2-6;9-7(10)5-1-2-6(4-3-5)8(11)12/h1-4,8,11H,5,10H2,(H,12,13);1-4H/t8-;/m0./s1. The number of non-ortho nitro benzene ring substituents is 2. The van der Waals surface area contributed by atoms with Crippen molar-refractivity contribution in [2.75, 3.05) is 0 Å². The van der Waals surface area contributed by atoms with Crippen molar-refractivity contribution in [2.45, 2.75) is 12.5 Å². The second kappa shape index (κ2) is 8.93. The number of nitrogens with zero attached hydrogens (tertiary/aromatic N) is 2. The molecule has 0 aromatic heterocycles. The normalized spacial score (nSPS) is 10.9. The van der Waals surface area contributed by atoms with Crippen LogP contribution in [0, 0.1) is 20.2 Å². The Balaban J connectivity index is 0.000000251. The van der Waals surface area contributed by atoms with Crippen molar-refractivity contribution in [3.8, 4) is 5.75 Å². The van der Waals surface area contributed by atoms with Crippen LogP contribution in [0.2, 0.25) is 0 Å². The summed E-state index contributed by atoms with van der Waals surface area (Å²) < 4.78 is 0. The van der Waals surface area contributed by atoms with E-state index in [1.165, 1.54) is 12.1 Å². The third-order valence-electron chi connectivity index (χ3n) is 2.98. The van der Waals surface area contributed by atoms with Gasteiger partial charge in [0, 0.05) is 24.3 Å². The Morgan fingerprint density at radius 3 is 1.68 bits per heavy atom. The molecule has 132 valence electrons. The first-order valence-electron chi connectivity index (χ1n) is 6.86. The molecule has 1 atom stereocenters. The number of aliphatic carboxylic acids is 1. The molecule has 25 heavy (non-hydrogen) atoms. The SMILES string of the molecule is N[C@@H](Cc1ccc(O)cc1)C(=O)O.O=[N+]([O-])c1ccc([N+](=O)[O-])cc1. The summed E-state index contributed by atoms with van der Waals surface area (Å²) >= 11 is 0. The van der Waals surface area contributed by atoms with Crippen molar-refractivity contribution in [1.29, 1.82) is 0 Å². The van der Waals surface area contributed by atoms with Crippen LogP contribution in [0.3, 0.4) is 0 Å². The summed E-state index contributed by atoms with van der Waals surface area (Å²) in [5.41, 5.74) is 5.82. The number of nitro groups is 2. The van der Waals surface area contributed by atoms with E-state index >= 15 is 0 Å². The number of nitrogens with two attached hydrogens (primary N) is 1. The zero-order chi connectivity index (χ0) is 19.0. The minimum Gasteiger partial charge on any atom is -0.508 e. The van der Waals surface area contributed by atoms with E-state index in [-0.39, 0.29) is 23.5 Å². The van der Waals surface area contributed by atoms with E-state index in [4.69, 9.17) is 15.9 Å². The van der Waals surface area contributed by atoms with Crippen molar-refractivity contribution in [3.63, 3.8) is 0 Å². The molecule has 0 radical (unpaired) electrons. The summed E-state index contributed by atoms with van der Waals surface area (Å²) in [7, 11) is 0. The van der Waals surface area contributed by atoms with Crippen LogP contribution in [0.15, 0.2) is 48.5 Å². The number of benzene rings is 2. The fraction of sp³-hybridized carbons (Fsp3) is 0.133. The van der Waals surface area contributed by atoms with Gasteiger partial charge in [-0.25, -0.2) is 0 Å². The topological polar surface area (TPSA) is 170 Å². The lowest BCUT2D eigenvalue weighted by atomic mass is 10.1. The Morgan fingerprint density at radius 2 is 1.36 bits per heavy atom. The molecule has 2 rings (SSSR count). The zero-order valence-electron chi connectivity index (χ0n) is 12.8. The Bertz CT molecular complexity index is 712. The minimum absolute atomic E-state index is 0.152. The van der Waals surface area contributed by atoms with E-state index in [0.717, 1.165) is 29.8 Å². The molecule has 0 saturated heterocycles. The van der Waals surface area contributed by atoms with Crippen LogP contribution in [0.25, 0.3) is 0 Å². The molecule has 2 aromatic rings. The van der Waals surface area contributed by atoms with Crippen molar-refractivity contribution in [3.05, 3.63) is 74.3 Å². The lowest BCUT2D eigenvalue weighted by Crippen LogP contribution is -2.32. The number of hydrogen-bond acceptors (Lipinski definition) is 7. The van der Waals surface area contributed by atoms with E-state index in [2.05, 4.69) is 0 Å². The van der Waals surface area contributed by atoms with Gasteiger partial charge < -0.3 is 15.9 Å². The fourth-order valence-corrected chi connectivity index (χ4v) is 1.67. The number of nitro benzene ring substituents is 2. The van der Waals surface area contributed by atoms with Gasteiger partial charge in [-0.15, -0.1) is 0 Å². The van der Waals surface area contributed by atoms with Crippen LogP contribution >= 0.6 is 0 Å². The van der Waals surface area contributed by atoms with Crippen LogP contribution in [0.1, 0.15) is 5.56 Å². The summed E-state index contributed by atoms with van der Waals surface area (Å²) in [6, 6.07) is 9.81.